The van der Waals surface area contributed by atoms with E-state index in [0.29, 0.717) is 0 Å². The van der Waals surface area contributed by atoms with Crippen LogP contribution in [0.4, 0.5) is 0 Å². The van der Waals surface area contributed by atoms with Crippen LogP contribution < -0.4 is 10.6 Å². The quantitative estimate of drug-likeness (QED) is 0.608. The molecule has 3 nitrogen and oxygen atoms in total. The second-order valence-corrected chi connectivity index (χ2v) is 5.06. The molecule has 1 unspecified atom stereocenters. The number of rotatable bonds is 9. The van der Waals surface area contributed by atoms with Gasteiger partial charge in [-0.15, -0.1) is 0 Å². The average molecular weight is 240 g/mol. The van der Waals surface area contributed by atoms with E-state index in [0.717, 1.165) is 25.9 Å². The molecule has 1 aliphatic rings. The lowest BCUT2D eigenvalue weighted by Gasteiger charge is -2.22. The third-order valence-corrected chi connectivity index (χ3v) is 3.46. The Hall–Kier alpha value is -0.570. The first-order chi connectivity index (χ1) is 8.34. The second-order valence-electron chi connectivity index (χ2n) is 5.06. The molecule has 0 saturated carbocycles. The van der Waals surface area contributed by atoms with Crippen molar-refractivity contribution in [2.24, 2.45) is 0 Å². The Balaban J connectivity index is 1.88. The van der Waals surface area contributed by atoms with E-state index in [-0.39, 0.29) is 11.9 Å². The van der Waals surface area contributed by atoms with Crippen molar-refractivity contribution in [3.05, 3.63) is 0 Å². The van der Waals surface area contributed by atoms with Crippen molar-refractivity contribution >= 4 is 5.91 Å². The van der Waals surface area contributed by atoms with E-state index >= 15 is 0 Å². The van der Waals surface area contributed by atoms with Crippen molar-refractivity contribution in [2.75, 3.05) is 13.1 Å². The Bertz CT molecular complexity index is 206. The molecular weight excluding hydrogens is 212 g/mol. The van der Waals surface area contributed by atoms with Crippen LogP contribution in [0.3, 0.4) is 0 Å². The molecule has 1 saturated heterocycles. The molecule has 100 valence electrons. The van der Waals surface area contributed by atoms with Crippen molar-refractivity contribution in [2.45, 2.75) is 70.8 Å². The van der Waals surface area contributed by atoms with Gasteiger partial charge in [0.25, 0.3) is 0 Å². The molecule has 0 aromatic carbocycles. The van der Waals surface area contributed by atoms with E-state index in [9.17, 15) is 4.79 Å². The van der Waals surface area contributed by atoms with Gasteiger partial charge in [-0.2, -0.15) is 0 Å². The van der Waals surface area contributed by atoms with Crippen LogP contribution in [0.25, 0.3) is 0 Å². The molecular formula is C14H28N2O. The number of amides is 1. The maximum Gasteiger partial charge on any atom is 0.237 e. The second kappa shape index (κ2) is 9.46. The van der Waals surface area contributed by atoms with Crippen molar-refractivity contribution in [3.63, 3.8) is 0 Å². The molecule has 1 aliphatic heterocycles. The number of carbonyl (C=O) groups excluding carboxylic acids is 1. The van der Waals surface area contributed by atoms with Crippen molar-refractivity contribution in [1.82, 2.24) is 10.6 Å². The third kappa shape index (κ3) is 6.67. The normalized spacial score (nSPS) is 20.3. The number of carbonyl (C=O) groups is 1. The Kier molecular flexibility index (Phi) is 8.06. The van der Waals surface area contributed by atoms with Gasteiger partial charge in [0.05, 0.1) is 6.04 Å². The van der Waals surface area contributed by atoms with Gasteiger partial charge in [0.2, 0.25) is 5.91 Å². The Labute approximate surface area is 106 Å². The number of piperidine rings is 1. The van der Waals surface area contributed by atoms with E-state index in [4.69, 9.17) is 0 Å². The highest BCUT2D eigenvalue weighted by Gasteiger charge is 2.20. The first-order valence-electron chi connectivity index (χ1n) is 7.35. The molecule has 0 radical (unpaired) electrons. The number of unbranched alkanes of at least 4 members (excludes halogenated alkanes) is 6. The van der Waals surface area contributed by atoms with E-state index in [1.54, 1.807) is 0 Å². The fourth-order valence-corrected chi connectivity index (χ4v) is 2.33. The number of hydrogen-bond acceptors (Lipinski definition) is 2. The average Bonchev–Trinajstić information content (AvgIpc) is 2.35. The first-order valence-corrected chi connectivity index (χ1v) is 7.35. The van der Waals surface area contributed by atoms with Crippen LogP contribution in [0.5, 0.6) is 0 Å². The highest BCUT2D eigenvalue weighted by molar-refractivity contribution is 5.82. The summed E-state index contributed by atoms with van der Waals surface area (Å²) in [6.07, 6.45) is 11.4. The van der Waals surface area contributed by atoms with Crippen LogP contribution in [0.15, 0.2) is 0 Å². The van der Waals surface area contributed by atoms with Gasteiger partial charge in [-0.3, -0.25) is 4.79 Å². The summed E-state index contributed by atoms with van der Waals surface area (Å²) in [4.78, 5) is 11.5. The monoisotopic (exact) mass is 240 g/mol. The van der Waals surface area contributed by atoms with Gasteiger partial charge >= 0.3 is 0 Å². The summed E-state index contributed by atoms with van der Waals surface area (Å²) in [5.41, 5.74) is 0. The largest absolute Gasteiger partial charge is 0.355 e. The molecule has 3 heteroatoms. The maximum absolute atomic E-state index is 11.5. The van der Waals surface area contributed by atoms with Gasteiger partial charge in [-0.05, 0) is 25.8 Å². The molecule has 0 aromatic rings. The molecule has 0 aliphatic carbocycles. The number of nitrogens with one attached hydrogen (secondary N) is 2. The summed E-state index contributed by atoms with van der Waals surface area (Å²) < 4.78 is 0. The Morgan fingerprint density at radius 1 is 1.18 bits per heavy atom. The lowest BCUT2D eigenvalue weighted by Crippen LogP contribution is -2.48. The minimum atomic E-state index is 0.0730. The molecule has 1 rings (SSSR count). The minimum absolute atomic E-state index is 0.0730. The van der Waals surface area contributed by atoms with Crippen LogP contribution in [0.1, 0.15) is 64.7 Å². The summed E-state index contributed by atoms with van der Waals surface area (Å²) in [6, 6.07) is 0.0730. The van der Waals surface area contributed by atoms with E-state index in [2.05, 4.69) is 17.6 Å². The van der Waals surface area contributed by atoms with E-state index in [1.165, 1.54) is 44.9 Å². The number of hydrogen-bond donors (Lipinski definition) is 2. The maximum atomic E-state index is 11.5. The summed E-state index contributed by atoms with van der Waals surface area (Å²) in [5.74, 6) is 0.194. The third-order valence-electron chi connectivity index (χ3n) is 3.46. The molecule has 0 bridgehead atoms. The van der Waals surface area contributed by atoms with Crippen LogP contribution in [-0.4, -0.2) is 25.0 Å². The van der Waals surface area contributed by atoms with Gasteiger partial charge in [0.15, 0.2) is 0 Å². The van der Waals surface area contributed by atoms with E-state index in [1.807, 2.05) is 0 Å². The Morgan fingerprint density at radius 3 is 2.59 bits per heavy atom. The zero-order chi connectivity index (χ0) is 12.3. The zero-order valence-corrected chi connectivity index (χ0v) is 11.3. The molecule has 1 atom stereocenters. The van der Waals surface area contributed by atoms with Crippen molar-refractivity contribution in [3.8, 4) is 0 Å². The van der Waals surface area contributed by atoms with Gasteiger partial charge in [0, 0.05) is 6.54 Å². The van der Waals surface area contributed by atoms with E-state index < -0.39 is 0 Å². The topological polar surface area (TPSA) is 41.1 Å². The SMILES string of the molecule is CCCCCCCCCNC1CCCNC1=O. The molecule has 1 fully saturated rings. The van der Waals surface area contributed by atoms with Gasteiger partial charge < -0.3 is 10.6 Å². The molecule has 17 heavy (non-hydrogen) atoms. The Morgan fingerprint density at radius 2 is 1.88 bits per heavy atom. The summed E-state index contributed by atoms with van der Waals surface area (Å²) in [5, 5.41) is 6.27. The van der Waals surface area contributed by atoms with Crippen LogP contribution in [0, 0.1) is 0 Å². The van der Waals surface area contributed by atoms with Crippen LogP contribution in [-0.2, 0) is 4.79 Å². The standard InChI is InChI=1S/C14H28N2O/c1-2-3-4-5-6-7-8-11-15-13-10-9-12-16-14(13)17/h13,15H,2-12H2,1H3,(H,16,17). The van der Waals surface area contributed by atoms with Crippen molar-refractivity contribution in [1.29, 1.82) is 0 Å². The molecule has 0 spiro atoms. The fraction of sp³-hybridized carbons (Fsp3) is 0.929. The zero-order valence-electron chi connectivity index (χ0n) is 11.3. The molecule has 0 aromatic heterocycles. The first kappa shape index (κ1) is 14.5. The molecule has 2 N–H and O–H groups in total. The highest BCUT2D eigenvalue weighted by Crippen LogP contribution is 2.07. The highest BCUT2D eigenvalue weighted by atomic mass is 16.2. The summed E-state index contributed by atoms with van der Waals surface area (Å²) in [7, 11) is 0. The molecule has 1 heterocycles. The van der Waals surface area contributed by atoms with Gasteiger partial charge in [0.1, 0.15) is 0 Å². The molecule has 1 amide bonds. The minimum Gasteiger partial charge on any atom is -0.355 e. The van der Waals surface area contributed by atoms with Crippen LogP contribution in [0.2, 0.25) is 0 Å². The predicted octanol–water partition coefficient (Wildman–Crippen LogP) is 2.61. The van der Waals surface area contributed by atoms with Crippen LogP contribution >= 0.6 is 0 Å². The predicted molar refractivity (Wildman–Crippen MR) is 72.0 cm³/mol. The van der Waals surface area contributed by atoms with Gasteiger partial charge in [-0.1, -0.05) is 45.4 Å². The summed E-state index contributed by atoms with van der Waals surface area (Å²) in [6.45, 7) is 4.10. The lowest BCUT2D eigenvalue weighted by atomic mass is 10.1. The smallest absolute Gasteiger partial charge is 0.237 e. The van der Waals surface area contributed by atoms with Gasteiger partial charge in [-0.25, -0.2) is 0 Å². The van der Waals surface area contributed by atoms with Crippen molar-refractivity contribution < 1.29 is 4.79 Å². The lowest BCUT2D eigenvalue weighted by molar-refractivity contribution is -0.124. The fourth-order valence-electron chi connectivity index (χ4n) is 2.33. The summed E-state index contributed by atoms with van der Waals surface area (Å²) >= 11 is 0.